The van der Waals surface area contributed by atoms with E-state index < -0.39 is 0 Å². The van der Waals surface area contributed by atoms with Gasteiger partial charge in [0.25, 0.3) is 0 Å². The van der Waals surface area contributed by atoms with Gasteiger partial charge in [-0.1, -0.05) is 27.5 Å². The molecular formula is C12H16BrClN2. The predicted molar refractivity (Wildman–Crippen MR) is 71.7 cm³/mol. The smallest absolute Gasteiger partial charge is 0.0410 e. The van der Waals surface area contributed by atoms with Crippen LogP contribution in [0.15, 0.2) is 22.7 Å². The molecule has 2 N–H and O–H groups in total. The lowest BCUT2D eigenvalue weighted by atomic mass is 9.94. The third-order valence-electron chi connectivity index (χ3n) is 3.35. The fourth-order valence-electron chi connectivity index (χ4n) is 2.51. The van der Waals surface area contributed by atoms with Crippen molar-refractivity contribution >= 4 is 27.5 Å². The van der Waals surface area contributed by atoms with Gasteiger partial charge in [0.05, 0.1) is 0 Å². The summed E-state index contributed by atoms with van der Waals surface area (Å²) in [6.45, 7) is 1.83. The Labute approximate surface area is 110 Å². The zero-order chi connectivity index (χ0) is 11.7. The number of hydrogen-bond donors (Lipinski definition) is 1. The Morgan fingerprint density at radius 1 is 1.56 bits per heavy atom. The van der Waals surface area contributed by atoms with Gasteiger partial charge >= 0.3 is 0 Å². The zero-order valence-corrected chi connectivity index (χ0v) is 11.6. The summed E-state index contributed by atoms with van der Waals surface area (Å²) in [4.78, 5) is 2.36. The molecule has 1 aliphatic heterocycles. The summed E-state index contributed by atoms with van der Waals surface area (Å²) in [6, 6.07) is 6.35. The van der Waals surface area contributed by atoms with Crippen LogP contribution in [0, 0.1) is 5.92 Å². The van der Waals surface area contributed by atoms with E-state index in [0.29, 0.717) is 12.0 Å². The summed E-state index contributed by atoms with van der Waals surface area (Å²) in [5.74, 6) is 0.528. The first kappa shape index (κ1) is 12.4. The average Bonchev–Trinajstić information content (AvgIpc) is 2.63. The Kier molecular flexibility index (Phi) is 3.90. The van der Waals surface area contributed by atoms with E-state index in [1.807, 2.05) is 18.2 Å². The largest absolute Gasteiger partial charge is 0.330 e. The molecule has 0 aromatic heterocycles. The fraction of sp³-hybridized carbons (Fsp3) is 0.500. The molecule has 2 unspecified atom stereocenters. The molecule has 1 saturated heterocycles. The summed E-state index contributed by atoms with van der Waals surface area (Å²) >= 11 is 9.66. The van der Waals surface area contributed by atoms with E-state index in [1.54, 1.807) is 0 Å². The Morgan fingerprint density at radius 2 is 2.31 bits per heavy atom. The molecule has 0 aliphatic carbocycles. The van der Waals surface area contributed by atoms with Gasteiger partial charge in [0.1, 0.15) is 0 Å². The van der Waals surface area contributed by atoms with Crippen LogP contribution < -0.4 is 5.73 Å². The van der Waals surface area contributed by atoms with Gasteiger partial charge in [0.15, 0.2) is 0 Å². The Hall–Kier alpha value is -0.0900. The van der Waals surface area contributed by atoms with E-state index in [2.05, 4.69) is 27.9 Å². The third kappa shape index (κ3) is 2.28. The maximum absolute atomic E-state index is 6.06. The van der Waals surface area contributed by atoms with E-state index in [0.717, 1.165) is 29.0 Å². The molecule has 16 heavy (non-hydrogen) atoms. The highest BCUT2D eigenvalue weighted by molar-refractivity contribution is 9.10. The van der Waals surface area contributed by atoms with Crippen LogP contribution in [0.25, 0.3) is 0 Å². The fourth-order valence-corrected chi connectivity index (χ4v) is 3.17. The maximum atomic E-state index is 6.06. The summed E-state index contributed by atoms with van der Waals surface area (Å²) in [5, 5.41) is 0.786. The molecule has 0 saturated carbocycles. The van der Waals surface area contributed by atoms with Gasteiger partial charge in [-0.25, -0.2) is 0 Å². The minimum absolute atomic E-state index is 0.387. The molecule has 4 heteroatoms. The van der Waals surface area contributed by atoms with Crippen molar-refractivity contribution in [3.63, 3.8) is 0 Å². The molecule has 1 aromatic rings. The number of rotatable bonds is 2. The van der Waals surface area contributed by atoms with Crippen molar-refractivity contribution in [2.75, 3.05) is 20.1 Å². The molecule has 0 radical (unpaired) electrons. The molecule has 88 valence electrons. The first-order valence-corrected chi connectivity index (χ1v) is 6.66. The third-order valence-corrected chi connectivity index (χ3v) is 4.31. The monoisotopic (exact) mass is 302 g/mol. The second-order valence-corrected chi connectivity index (χ2v) is 5.67. The van der Waals surface area contributed by atoms with Crippen molar-refractivity contribution in [2.24, 2.45) is 11.7 Å². The van der Waals surface area contributed by atoms with Crippen LogP contribution >= 0.6 is 27.5 Å². The summed E-state index contributed by atoms with van der Waals surface area (Å²) in [5.41, 5.74) is 7.09. The van der Waals surface area contributed by atoms with Crippen LogP contribution in [0.2, 0.25) is 5.02 Å². The normalized spacial score (nSPS) is 26.2. The van der Waals surface area contributed by atoms with Crippen LogP contribution in [0.4, 0.5) is 0 Å². The van der Waals surface area contributed by atoms with E-state index in [4.69, 9.17) is 17.3 Å². The first-order chi connectivity index (χ1) is 7.63. The number of nitrogens with two attached hydrogens (primary N) is 1. The number of halogens is 2. The number of hydrogen-bond acceptors (Lipinski definition) is 2. The number of likely N-dealkylation sites (tertiary alicyclic amines) is 1. The van der Waals surface area contributed by atoms with Gasteiger partial charge in [-0.15, -0.1) is 0 Å². The Balaban J connectivity index is 2.37. The molecule has 0 bridgehead atoms. The topological polar surface area (TPSA) is 29.3 Å². The molecule has 2 rings (SSSR count). The van der Waals surface area contributed by atoms with Gasteiger partial charge in [-0.2, -0.15) is 0 Å². The summed E-state index contributed by atoms with van der Waals surface area (Å²) < 4.78 is 1.12. The summed E-state index contributed by atoms with van der Waals surface area (Å²) in [6.07, 6.45) is 1.16. The predicted octanol–water partition coefficient (Wildman–Crippen LogP) is 3.05. The summed E-state index contributed by atoms with van der Waals surface area (Å²) in [7, 11) is 2.15. The molecule has 2 atom stereocenters. The highest BCUT2D eigenvalue weighted by atomic mass is 79.9. The lowest BCUT2D eigenvalue weighted by molar-refractivity contribution is 0.279. The molecule has 1 heterocycles. The van der Waals surface area contributed by atoms with Crippen molar-refractivity contribution < 1.29 is 0 Å². The van der Waals surface area contributed by atoms with Crippen molar-refractivity contribution in [1.82, 2.24) is 4.90 Å². The lowest BCUT2D eigenvalue weighted by Gasteiger charge is -2.26. The molecular weight excluding hydrogens is 288 g/mol. The second kappa shape index (κ2) is 5.05. The van der Waals surface area contributed by atoms with Gasteiger partial charge < -0.3 is 5.73 Å². The van der Waals surface area contributed by atoms with Gasteiger partial charge in [0.2, 0.25) is 0 Å². The lowest BCUT2D eigenvalue weighted by Crippen LogP contribution is -2.25. The molecule has 1 fully saturated rings. The van der Waals surface area contributed by atoms with Gasteiger partial charge in [0, 0.05) is 15.5 Å². The van der Waals surface area contributed by atoms with E-state index in [1.165, 1.54) is 5.56 Å². The van der Waals surface area contributed by atoms with Crippen molar-refractivity contribution in [2.45, 2.75) is 12.5 Å². The van der Waals surface area contributed by atoms with E-state index in [-0.39, 0.29) is 0 Å². The van der Waals surface area contributed by atoms with Crippen molar-refractivity contribution in [3.05, 3.63) is 33.3 Å². The van der Waals surface area contributed by atoms with Crippen molar-refractivity contribution in [3.8, 4) is 0 Å². The van der Waals surface area contributed by atoms with E-state index in [9.17, 15) is 0 Å². The second-order valence-electron chi connectivity index (χ2n) is 4.38. The Bertz CT molecular complexity index is 383. The maximum Gasteiger partial charge on any atom is 0.0410 e. The number of benzene rings is 1. The zero-order valence-electron chi connectivity index (χ0n) is 9.29. The average molecular weight is 304 g/mol. The van der Waals surface area contributed by atoms with Crippen LogP contribution in [0.5, 0.6) is 0 Å². The minimum Gasteiger partial charge on any atom is -0.330 e. The van der Waals surface area contributed by atoms with Crippen LogP contribution in [-0.4, -0.2) is 25.0 Å². The number of nitrogens with zero attached hydrogens (tertiary/aromatic N) is 1. The van der Waals surface area contributed by atoms with Crippen molar-refractivity contribution in [1.29, 1.82) is 0 Å². The SMILES string of the molecule is CN1CCC(CN)C1c1cc(Cl)ccc1Br. The first-order valence-electron chi connectivity index (χ1n) is 5.48. The Morgan fingerprint density at radius 3 is 3.00 bits per heavy atom. The molecule has 1 aromatic carbocycles. The quantitative estimate of drug-likeness (QED) is 0.910. The standard InChI is InChI=1S/C12H16BrClN2/c1-16-5-4-8(7-15)12(16)10-6-9(14)2-3-11(10)13/h2-3,6,8,12H,4-5,7,15H2,1H3. The molecule has 0 amide bonds. The highest BCUT2D eigenvalue weighted by Gasteiger charge is 2.33. The van der Waals surface area contributed by atoms with Gasteiger partial charge in [-0.3, -0.25) is 4.90 Å². The van der Waals surface area contributed by atoms with Crippen LogP contribution in [0.3, 0.4) is 0 Å². The molecule has 1 aliphatic rings. The minimum atomic E-state index is 0.387. The van der Waals surface area contributed by atoms with Crippen LogP contribution in [-0.2, 0) is 0 Å². The van der Waals surface area contributed by atoms with Gasteiger partial charge in [-0.05, 0) is 56.2 Å². The highest BCUT2D eigenvalue weighted by Crippen LogP contribution is 2.39. The molecule has 0 spiro atoms. The van der Waals surface area contributed by atoms with Crippen LogP contribution in [0.1, 0.15) is 18.0 Å². The van der Waals surface area contributed by atoms with E-state index >= 15 is 0 Å². The molecule has 2 nitrogen and oxygen atoms in total.